The van der Waals surface area contributed by atoms with Crippen LogP contribution in [0.2, 0.25) is 0 Å². The summed E-state index contributed by atoms with van der Waals surface area (Å²) in [4.78, 5) is 25.7. The molecule has 1 aliphatic heterocycles. The molecule has 2 N–H and O–H groups in total. The van der Waals surface area contributed by atoms with Crippen molar-refractivity contribution in [1.29, 1.82) is 0 Å². The van der Waals surface area contributed by atoms with Gasteiger partial charge in [0.25, 0.3) is 0 Å². The summed E-state index contributed by atoms with van der Waals surface area (Å²) in [6.07, 6.45) is 2.26. The Morgan fingerprint density at radius 1 is 1.18 bits per heavy atom. The first-order valence-electron chi connectivity index (χ1n) is 7.44. The molecule has 0 radical (unpaired) electrons. The molecule has 1 fully saturated rings. The maximum Gasteiger partial charge on any atom is 0.241 e. The number of nitrogens with zero attached hydrogens (tertiary/aromatic N) is 1. The molecule has 1 aromatic rings. The molecule has 5 nitrogen and oxygen atoms in total. The van der Waals surface area contributed by atoms with Crippen molar-refractivity contribution in [3.8, 4) is 0 Å². The minimum absolute atomic E-state index is 0. The van der Waals surface area contributed by atoms with Gasteiger partial charge in [-0.05, 0) is 25.5 Å². The third-order valence-corrected chi connectivity index (χ3v) is 3.90. The molecule has 1 aliphatic rings. The van der Waals surface area contributed by atoms with Crippen LogP contribution in [0.5, 0.6) is 0 Å². The van der Waals surface area contributed by atoms with Gasteiger partial charge in [0, 0.05) is 19.1 Å². The fraction of sp³-hybridized carbons (Fsp3) is 0.500. The van der Waals surface area contributed by atoms with Crippen LogP contribution >= 0.6 is 12.4 Å². The van der Waals surface area contributed by atoms with E-state index in [9.17, 15) is 9.59 Å². The zero-order chi connectivity index (χ0) is 15.1. The maximum absolute atomic E-state index is 12.0. The molecule has 1 heterocycles. The largest absolute Gasteiger partial charge is 0.347 e. The van der Waals surface area contributed by atoms with Gasteiger partial charge in [0.15, 0.2) is 0 Å². The predicted octanol–water partition coefficient (Wildman–Crippen LogP) is 0.978. The number of benzene rings is 1. The first kappa shape index (κ1) is 18.5. The molecular formula is C16H24ClN3O2. The number of carbonyl (C=O) groups is 2. The van der Waals surface area contributed by atoms with E-state index in [4.69, 9.17) is 0 Å². The number of amides is 2. The van der Waals surface area contributed by atoms with Gasteiger partial charge >= 0.3 is 0 Å². The average Bonchev–Trinajstić information content (AvgIpc) is 2.53. The second kappa shape index (κ2) is 9.43. The Bertz CT molecular complexity index is 474. The van der Waals surface area contributed by atoms with Crippen molar-refractivity contribution in [2.24, 2.45) is 0 Å². The molecule has 0 spiro atoms. The van der Waals surface area contributed by atoms with E-state index in [2.05, 4.69) is 10.6 Å². The van der Waals surface area contributed by atoms with Crippen molar-refractivity contribution in [2.75, 3.05) is 26.7 Å². The van der Waals surface area contributed by atoms with Gasteiger partial charge in [-0.2, -0.15) is 0 Å². The average molecular weight is 326 g/mol. The van der Waals surface area contributed by atoms with E-state index in [1.165, 1.54) is 0 Å². The minimum atomic E-state index is -0.111. The van der Waals surface area contributed by atoms with Gasteiger partial charge in [-0.1, -0.05) is 30.3 Å². The number of piperidine rings is 1. The molecule has 6 heteroatoms. The third kappa shape index (κ3) is 5.66. The monoisotopic (exact) mass is 325 g/mol. The number of nitrogens with one attached hydrogen (secondary N) is 2. The van der Waals surface area contributed by atoms with Gasteiger partial charge in [-0.3, -0.25) is 9.59 Å². The second-order valence-corrected chi connectivity index (χ2v) is 5.38. The normalized spacial score (nSPS) is 15.0. The molecule has 0 saturated carbocycles. The number of carbonyl (C=O) groups excluding carboxylic acids is 2. The summed E-state index contributed by atoms with van der Waals surface area (Å²) in [6.45, 7) is 1.62. The highest BCUT2D eigenvalue weighted by atomic mass is 35.5. The first-order valence-corrected chi connectivity index (χ1v) is 7.44. The summed E-state index contributed by atoms with van der Waals surface area (Å²) < 4.78 is 0. The van der Waals surface area contributed by atoms with Crippen LogP contribution in [0.25, 0.3) is 0 Å². The summed E-state index contributed by atoms with van der Waals surface area (Å²) in [5.74, 6) is -0.106. The van der Waals surface area contributed by atoms with Gasteiger partial charge in [0.2, 0.25) is 11.8 Å². The van der Waals surface area contributed by atoms with E-state index in [0.29, 0.717) is 12.5 Å². The lowest BCUT2D eigenvalue weighted by Crippen LogP contribution is -2.47. The molecule has 122 valence electrons. The molecule has 22 heavy (non-hydrogen) atoms. The van der Waals surface area contributed by atoms with Crippen LogP contribution in [0, 0.1) is 0 Å². The minimum Gasteiger partial charge on any atom is -0.347 e. The second-order valence-electron chi connectivity index (χ2n) is 5.38. The standard InChI is InChI=1S/C16H23N3O2.ClH/c1-17-14-7-9-19(10-8-14)16(21)12-18-15(20)11-13-5-3-2-4-6-13;/h2-6,14,17H,7-12H2,1H3,(H,18,20);1H. The molecule has 1 saturated heterocycles. The maximum atomic E-state index is 12.0. The van der Waals surface area contributed by atoms with Crippen molar-refractivity contribution in [3.05, 3.63) is 35.9 Å². The van der Waals surface area contributed by atoms with Crippen molar-refractivity contribution in [3.63, 3.8) is 0 Å². The molecule has 2 amide bonds. The van der Waals surface area contributed by atoms with Crippen LogP contribution in [-0.4, -0.2) is 49.4 Å². The highest BCUT2D eigenvalue weighted by Crippen LogP contribution is 2.09. The van der Waals surface area contributed by atoms with Crippen LogP contribution in [0.15, 0.2) is 30.3 Å². The van der Waals surface area contributed by atoms with Crippen molar-refractivity contribution in [1.82, 2.24) is 15.5 Å². The number of hydrogen-bond acceptors (Lipinski definition) is 3. The van der Waals surface area contributed by atoms with Crippen molar-refractivity contribution >= 4 is 24.2 Å². The highest BCUT2D eigenvalue weighted by Gasteiger charge is 2.21. The van der Waals surface area contributed by atoms with Gasteiger partial charge in [-0.15, -0.1) is 12.4 Å². The summed E-state index contributed by atoms with van der Waals surface area (Å²) in [5, 5.41) is 5.94. The lowest BCUT2D eigenvalue weighted by Gasteiger charge is -2.31. The molecule has 1 aromatic carbocycles. The number of hydrogen-bond donors (Lipinski definition) is 2. The lowest BCUT2D eigenvalue weighted by molar-refractivity contribution is -0.133. The van der Waals surface area contributed by atoms with Crippen LogP contribution < -0.4 is 10.6 Å². The molecule has 0 aromatic heterocycles. The van der Waals surface area contributed by atoms with Crippen LogP contribution in [0.4, 0.5) is 0 Å². The van der Waals surface area contributed by atoms with Crippen LogP contribution in [-0.2, 0) is 16.0 Å². The molecule has 0 atom stereocenters. The molecule has 2 rings (SSSR count). The highest BCUT2D eigenvalue weighted by molar-refractivity contribution is 5.86. The number of halogens is 1. The fourth-order valence-electron chi connectivity index (χ4n) is 2.55. The molecule has 0 unspecified atom stereocenters. The summed E-state index contributed by atoms with van der Waals surface area (Å²) in [7, 11) is 1.95. The van der Waals surface area contributed by atoms with Crippen molar-refractivity contribution in [2.45, 2.75) is 25.3 Å². The quantitative estimate of drug-likeness (QED) is 0.848. The van der Waals surface area contributed by atoms with E-state index in [0.717, 1.165) is 31.5 Å². The predicted molar refractivity (Wildman–Crippen MR) is 89.1 cm³/mol. The Hall–Kier alpha value is -1.59. The third-order valence-electron chi connectivity index (χ3n) is 3.90. The van der Waals surface area contributed by atoms with E-state index < -0.39 is 0 Å². The Morgan fingerprint density at radius 2 is 1.82 bits per heavy atom. The number of rotatable bonds is 5. The molecule has 0 aliphatic carbocycles. The zero-order valence-electron chi connectivity index (χ0n) is 12.9. The SMILES string of the molecule is CNC1CCN(C(=O)CNC(=O)Cc2ccccc2)CC1.Cl. The van der Waals surface area contributed by atoms with E-state index in [-0.39, 0.29) is 30.8 Å². The molecular weight excluding hydrogens is 302 g/mol. The van der Waals surface area contributed by atoms with E-state index in [1.807, 2.05) is 42.3 Å². The fourth-order valence-corrected chi connectivity index (χ4v) is 2.55. The van der Waals surface area contributed by atoms with Crippen LogP contribution in [0.1, 0.15) is 18.4 Å². The Balaban J connectivity index is 0.00000242. The van der Waals surface area contributed by atoms with Gasteiger partial charge in [0.05, 0.1) is 13.0 Å². The molecule has 0 bridgehead atoms. The Labute approximate surface area is 137 Å². The summed E-state index contributed by atoms with van der Waals surface area (Å²) in [6, 6.07) is 10.0. The smallest absolute Gasteiger partial charge is 0.241 e. The van der Waals surface area contributed by atoms with E-state index in [1.54, 1.807) is 0 Å². The number of likely N-dealkylation sites (tertiary alicyclic amines) is 1. The zero-order valence-corrected chi connectivity index (χ0v) is 13.7. The first-order chi connectivity index (χ1) is 10.2. The van der Waals surface area contributed by atoms with Crippen molar-refractivity contribution < 1.29 is 9.59 Å². The lowest BCUT2D eigenvalue weighted by atomic mass is 10.1. The summed E-state index contributed by atoms with van der Waals surface area (Å²) >= 11 is 0. The van der Waals surface area contributed by atoms with Gasteiger partial charge in [-0.25, -0.2) is 0 Å². The van der Waals surface area contributed by atoms with E-state index >= 15 is 0 Å². The van der Waals surface area contributed by atoms with Gasteiger partial charge in [0.1, 0.15) is 0 Å². The Kier molecular flexibility index (Phi) is 7.91. The summed E-state index contributed by atoms with van der Waals surface area (Å²) in [5.41, 5.74) is 0.956. The van der Waals surface area contributed by atoms with Gasteiger partial charge < -0.3 is 15.5 Å². The van der Waals surface area contributed by atoms with Crippen LogP contribution in [0.3, 0.4) is 0 Å². The Morgan fingerprint density at radius 3 is 2.41 bits per heavy atom. The topological polar surface area (TPSA) is 61.4 Å².